The van der Waals surface area contributed by atoms with Gasteiger partial charge in [-0.2, -0.15) is 13.2 Å². The van der Waals surface area contributed by atoms with Gasteiger partial charge in [-0.15, -0.1) is 11.3 Å². The molecule has 0 radical (unpaired) electrons. The van der Waals surface area contributed by atoms with E-state index in [0.29, 0.717) is 38.4 Å². The second-order valence-electron chi connectivity index (χ2n) is 6.71. The molecule has 2 N–H and O–H groups in total. The Morgan fingerprint density at radius 1 is 1.26 bits per heavy atom. The van der Waals surface area contributed by atoms with E-state index in [9.17, 15) is 18.0 Å². The summed E-state index contributed by atoms with van der Waals surface area (Å²) < 4.78 is 38.7. The van der Waals surface area contributed by atoms with Crippen molar-refractivity contribution in [2.45, 2.75) is 25.7 Å². The van der Waals surface area contributed by atoms with Crippen LogP contribution in [0.15, 0.2) is 41.8 Å². The van der Waals surface area contributed by atoms with E-state index < -0.39 is 11.7 Å². The smallest absolute Gasteiger partial charge is 0.360 e. The van der Waals surface area contributed by atoms with Crippen LogP contribution in [0.4, 0.5) is 18.9 Å². The molecule has 1 fully saturated rings. The Kier molecular flexibility index (Phi) is 6.06. The number of nitrogens with zero attached hydrogens (tertiary/aromatic N) is 1. The van der Waals surface area contributed by atoms with Gasteiger partial charge in [-0.05, 0) is 36.6 Å². The first kappa shape index (κ1) is 19.7. The average Bonchev–Trinajstić information content (AvgIpc) is 3.19. The highest BCUT2D eigenvalue weighted by atomic mass is 32.1. The number of rotatable bonds is 5. The number of carbonyl (C=O) groups excluding carboxylic acids is 1. The van der Waals surface area contributed by atoms with E-state index in [1.54, 1.807) is 17.4 Å². The number of amides is 1. The Bertz CT molecular complexity index is 756. The van der Waals surface area contributed by atoms with Crippen molar-refractivity contribution in [2.75, 3.05) is 31.1 Å². The Morgan fingerprint density at radius 2 is 2.00 bits per heavy atom. The van der Waals surface area contributed by atoms with Gasteiger partial charge in [0, 0.05) is 10.6 Å². The number of carbonyl (C=O) groups is 1. The number of anilines is 1. The lowest BCUT2D eigenvalue weighted by molar-refractivity contribution is -0.914. The van der Waals surface area contributed by atoms with Gasteiger partial charge < -0.3 is 15.1 Å². The van der Waals surface area contributed by atoms with E-state index in [1.165, 1.54) is 12.1 Å². The topological polar surface area (TPSA) is 36.8 Å². The number of halogens is 3. The van der Waals surface area contributed by atoms with Gasteiger partial charge in [0.05, 0.1) is 38.3 Å². The molecule has 2 aromatic rings. The van der Waals surface area contributed by atoms with Crippen molar-refractivity contribution in [2.24, 2.45) is 0 Å². The molecule has 0 spiro atoms. The molecule has 2 heterocycles. The number of piperazine rings is 1. The molecule has 1 aromatic heterocycles. The van der Waals surface area contributed by atoms with Crippen LogP contribution in [0.3, 0.4) is 0 Å². The molecule has 1 atom stereocenters. The molecule has 8 heteroatoms. The quantitative estimate of drug-likeness (QED) is 0.810. The summed E-state index contributed by atoms with van der Waals surface area (Å²) in [6.45, 7) is 5.11. The third-order valence-corrected chi connectivity index (χ3v) is 5.84. The zero-order valence-electron chi connectivity index (χ0n) is 15.1. The normalized spacial score (nSPS) is 17.0. The first-order valence-electron chi connectivity index (χ1n) is 8.91. The average molecular weight is 398 g/mol. The van der Waals surface area contributed by atoms with Gasteiger partial charge in [-0.1, -0.05) is 12.1 Å². The minimum atomic E-state index is -4.34. The molecule has 27 heavy (non-hydrogen) atoms. The van der Waals surface area contributed by atoms with Gasteiger partial charge in [-0.25, -0.2) is 0 Å². The number of benzene rings is 1. The maximum absolute atomic E-state index is 12.9. The van der Waals surface area contributed by atoms with Crippen molar-refractivity contribution in [1.82, 2.24) is 5.32 Å². The van der Waals surface area contributed by atoms with Gasteiger partial charge in [0.15, 0.2) is 6.04 Å². The van der Waals surface area contributed by atoms with E-state index >= 15 is 0 Å². The summed E-state index contributed by atoms with van der Waals surface area (Å²) >= 11 is 1.60. The lowest BCUT2D eigenvalue weighted by Gasteiger charge is -2.36. The maximum Gasteiger partial charge on any atom is 0.416 e. The molecule has 1 aliphatic heterocycles. The van der Waals surface area contributed by atoms with Crippen molar-refractivity contribution < 1.29 is 22.9 Å². The van der Waals surface area contributed by atoms with Crippen LogP contribution in [0.1, 0.15) is 17.4 Å². The zero-order chi connectivity index (χ0) is 19.4. The van der Waals surface area contributed by atoms with Gasteiger partial charge >= 0.3 is 6.18 Å². The molecule has 1 aromatic carbocycles. The summed E-state index contributed by atoms with van der Waals surface area (Å²) in [6.07, 6.45) is -4.34. The van der Waals surface area contributed by atoms with E-state index in [-0.39, 0.29) is 11.9 Å². The van der Waals surface area contributed by atoms with E-state index in [0.717, 1.165) is 15.8 Å². The summed E-state index contributed by atoms with van der Waals surface area (Å²) in [7, 11) is 0. The van der Waals surface area contributed by atoms with Crippen LogP contribution in [0, 0.1) is 0 Å². The van der Waals surface area contributed by atoms with Gasteiger partial charge in [0.25, 0.3) is 5.91 Å². The Labute approximate surface area is 160 Å². The van der Waals surface area contributed by atoms with Crippen LogP contribution in [0.25, 0.3) is 0 Å². The first-order chi connectivity index (χ1) is 12.8. The highest BCUT2D eigenvalue weighted by Gasteiger charge is 2.32. The number of nitrogens with one attached hydrogen (secondary N) is 2. The van der Waals surface area contributed by atoms with E-state index in [2.05, 4.69) is 5.32 Å². The van der Waals surface area contributed by atoms with Crippen LogP contribution in [-0.4, -0.2) is 38.1 Å². The predicted octanol–water partition coefficient (Wildman–Crippen LogP) is 2.18. The van der Waals surface area contributed by atoms with Gasteiger partial charge in [0.1, 0.15) is 0 Å². The molecule has 0 aliphatic carbocycles. The van der Waals surface area contributed by atoms with Gasteiger partial charge in [-0.3, -0.25) is 4.79 Å². The minimum Gasteiger partial charge on any atom is -0.360 e. The fourth-order valence-electron chi connectivity index (χ4n) is 3.29. The Morgan fingerprint density at radius 3 is 2.63 bits per heavy atom. The second kappa shape index (κ2) is 8.31. The van der Waals surface area contributed by atoms with Crippen molar-refractivity contribution in [1.29, 1.82) is 0 Å². The number of hydrogen-bond acceptors (Lipinski definition) is 3. The summed E-state index contributed by atoms with van der Waals surface area (Å²) in [4.78, 5) is 16.6. The zero-order valence-corrected chi connectivity index (χ0v) is 15.9. The monoisotopic (exact) mass is 398 g/mol. The van der Waals surface area contributed by atoms with Crippen molar-refractivity contribution in [3.8, 4) is 0 Å². The molecule has 0 unspecified atom stereocenters. The lowest BCUT2D eigenvalue weighted by atomic mass is 10.1. The minimum absolute atomic E-state index is 0.00548. The van der Waals surface area contributed by atoms with Gasteiger partial charge in [0.2, 0.25) is 0 Å². The standard InChI is InChI=1S/C19H22F3N3OS/c1-14(18(26)23-13-17-6-3-11-27-17)24-7-9-25(10-8-24)16-5-2-4-15(12-16)19(20,21)22/h2-6,11-12,14H,7-10,13H2,1H3,(H,23,26)/p+1/t14-/m1/s1. The number of quaternary nitrogens is 1. The van der Waals surface area contributed by atoms with Crippen LogP contribution in [-0.2, 0) is 17.5 Å². The Hall–Kier alpha value is -2.06. The molecule has 1 aliphatic rings. The molecule has 0 bridgehead atoms. The third-order valence-electron chi connectivity index (χ3n) is 4.97. The lowest BCUT2D eigenvalue weighted by Crippen LogP contribution is -3.19. The summed E-state index contributed by atoms with van der Waals surface area (Å²) in [5.41, 5.74) is -0.0465. The fourth-order valence-corrected chi connectivity index (χ4v) is 3.93. The fraction of sp³-hybridized carbons (Fsp3) is 0.421. The van der Waals surface area contributed by atoms with E-state index in [1.807, 2.05) is 29.3 Å². The first-order valence-corrected chi connectivity index (χ1v) is 9.79. The SMILES string of the molecule is C[C@H](C(=O)NCc1cccs1)[NH+]1CCN(c2cccc(C(F)(F)F)c2)CC1. The van der Waals surface area contributed by atoms with Crippen LogP contribution < -0.4 is 15.1 Å². The Balaban J connectivity index is 1.53. The number of thiophene rings is 1. The predicted molar refractivity (Wildman–Crippen MR) is 100.0 cm³/mol. The third kappa shape index (κ3) is 5.01. The van der Waals surface area contributed by atoms with Crippen molar-refractivity contribution in [3.05, 3.63) is 52.2 Å². The van der Waals surface area contributed by atoms with Crippen LogP contribution in [0.5, 0.6) is 0 Å². The number of hydrogen-bond donors (Lipinski definition) is 2. The highest BCUT2D eigenvalue weighted by molar-refractivity contribution is 7.09. The maximum atomic E-state index is 12.9. The highest BCUT2D eigenvalue weighted by Crippen LogP contribution is 2.31. The molecular formula is C19H23F3N3OS+. The van der Waals surface area contributed by atoms with Crippen LogP contribution in [0.2, 0.25) is 0 Å². The molecule has 1 saturated heterocycles. The largest absolute Gasteiger partial charge is 0.416 e. The van der Waals surface area contributed by atoms with E-state index in [4.69, 9.17) is 0 Å². The summed E-state index contributed by atoms with van der Waals surface area (Å²) in [5, 5.41) is 4.94. The van der Waals surface area contributed by atoms with Crippen molar-refractivity contribution >= 4 is 22.9 Å². The molecule has 4 nitrogen and oxygen atoms in total. The van der Waals surface area contributed by atoms with Crippen LogP contribution >= 0.6 is 11.3 Å². The molecular weight excluding hydrogens is 375 g/mol. The summed E-state index contributed by atoms with van der Waals surface area (Å²) in [5.74, 6) is 0.00548. The molecule has 1 amide bonds. The molecule has 0 saturated carbocycles. The molecule has 3 rings (SSSR count). The summed E-state index contributed by atoms with van der Waals surface area (Å²) in [6, 6.07) is 9.18. The molecule has 146 valence electrons. The number of alkyl halides is 3. The second-order valence-corrected chi connectivity index (χ2v) is 7.74. The van der Waals surface area contributed by atoms with Crippen molar-refractivity contribution in [3.63, 3.8) is 0 Å².